The first kappa shape index (κ1) is 73.5. The summed E-state index contributed by atoms with van der Waals surface area (Å²) in [7, 11) is 1.58. The Balaban J connectivity index is 4.14. The molecule has 0 spiro atoms. The van der Waals surface area contributed by atoms with Crippen LogP contribution in [0.3, 0.4) is 0 Å². The van der Waals surface area contributed by atoms with Crippen molar-refractivity contribution in [2.75, 3.05) is 40.9 Å². The molecule has 3 atom stereocenters. The number of nitrogens with one attached hydrogen (secondary N) is 1. The summed E-state index contributed by atoms with van der Waals surface area (Å²) in [4.78, 5) is 23.4. The summed E-state index contributed by atoms with van der Waals surface area (Å²) in [5.41, 5.74) is 0. The quantitative estimate of drug-likeness (QED) is 0.0243. The van der Waals surface area contributed by atoms with Gasteiger partial charge in [0.25, 0.3) is 0 Å². The zero-order valence-electron chi connectivity index (χ0n) is 50.6. The Morgan fingerprint density at radius 3 is 1.11 bits per heavy atom. The van der Waals surface area contributed by atoms with Gasteiger partial charge < -0.3 is 19.8 Å². The maximum absolute atomic E-state index is 13.0. The van der Waals surface area contributed by atoms with Crippen LogP contribution in [0.25, 0.3) is 0 Å². The standard InChI is InChI=1S/C66H127N2O6P/c1-6-8-10-12-14-16-18-20-22-24-26-28-30-32-34-36-38-40-42-44-46-48-50-52-54-56-58-60-66(70)67-64(63-74-75(71,72)73-62-61-68(3,4)5)65(69)59-57-55-53-51-49-47-45-43-41-39-37-35-33-31-29-27-25-23-21-19-17-15-13-11-9-7-2/h18,20,24,26,30,32,57,59,64-65,69H,6-17,19,21-23,25,27-29,31,33-56,58,60-63H2,1-5H3,(H-,67,70,71,72)/p+1/b20-18-,26-24-,32-30-,59-57+. The van der Waals surface area contributed by atoms with E-state index in [1.807, 2.05) is 27.2 Å². The monoisotopic (exact) mass is 1080 g/mol. The van der Waals surface area contributed by atoms with E-state index in [1.54, 1.807) is 6.08 Å². The molecule has 0 saturated heterocycles. The zero-order valence-corrected chi connectivity index (χ0v) is 51.4. The Hall–Kier alpha value is -1.54. The van der Waals surface area contributed by atoms with Gasteiger partial charge in [-0.05, 0) is 57.8 Å². The molecule has 0 aliphatic carbocycles. The summed E-state index contributed by atoms with van der Waals surface area (Å²) in [6.07, 6.45) is 76.6. The minimum absolute atomic E-state index is 0.0611. The van der Waals surface area contributed by atoms with Crippen molar-refractivity contribution in [3.05, 3.63) is 48.6 Å². The molecular weight excluding hydrogens is 948 g/mol. The second-order valence-corrected chi connectivity index (χ2v) is 24.9. The van der Waals surface area contributed by atoms with Gasteiger partial charge in [-0.1, -0.05) is 300 Å². The van der Waals surface area contributed by atoms with Crippen LogP contribution in [0.5, 0.6) is 0 Å². The fourth-order valence-electron chi connectivity index (χ4n) is 9.70. The van der Waals surface area contributed by atoms with Gasteiger partial charge in [-0.2, -0.15) is 0 Å². The van der Waals surface area contributed by atoms with Crippen LogP contribution < -0.4 is 5.32 Å². The van der Waals surface area contributed by atoms with Gasteiger partial charge in [-0.3, -0.25) is 13.8 Å². The summed E-state index contributed by atoms with van der Waals surface area (Å²) in [5.74, 6) is -0.176. The Morgan fingerprint density at radius 2 is 0.760 bits per heavy atom. The molecule has 0 aromatic heterocycles. The lowest BCUT2D eigenvalue weighted by Gasteiger charge is -2.25. The fourth-order valence-corrected chi connectivity index (χ4v) is 10.4. The lowest BCUT2D eigenvalue weighted by molar-refractivity contribution is -0.870. The van der Waals surface area contributed by atoms with Crippen molar-refractivity contribution in [2.24, 2.45) is 0 Å². The molecule has 0 aromatic carbocycles. The van der Waals surface area contributed by atoms with E-state index in [4.69, 9.17) is 9.05 Å². The first-order chi connectivity index (χ1) is 36.5. The summed E-state index contributed by atoms with van der Waals surface area (Å²) >= 11 is 0. The SMILES string of the molecule is CCCCCCC/C=C\C/C=C\C/C=C\CCCCCCCCCCCCCCC(=O)NC(COP(=O)(O)OCC[N+](C)(C)C)C(O)/C=C/CCCCCCCCCCCCCCCCCCCCCCCCCC. The third-order valence-electron chi connectivity index (χ3n) is 14.8. The van der Waals surface area contributed by atoms with Crippen LogP contribution in [0.2, 0.25) is 0 Å². The number of amides is 1. The number of hydrogen-bond donors (Lipinski definition) is 3. The van der Waals surface area contributed by atoms with Crippen LogP contribution >= 0.6 is 7.82 Å². The van der Waals surface area contributed by atoms with Crippen LogP contribution in [-0.2, 0) is 18.4 Å². The van der Waals surface area contributed by atoms with Gasteiger partial charge in [0.15, 0.2) is 0 Å². The first-order valence-corrected chi connectivity index (χ1v) is 34.0. The van der Waals surface area contributed by atoms with E-state index >= 15 is 0 Å². The lowest BCUT2D eigenvalue weighted by atomic mass is 10.0. The molecule has 9 heteroatoms. The van der Waals surface area contributed by atoms with Crippen LogP contribution in [0.4, 0.5) is 0 Å². The van der Waals surface area contributed by atoms with Crippen molar-refractivity contribution in [3.8, 4) is 0 Å². The molecule has 0 rings (SSSR count). The van der Waals surface area contributed by atoms with Crippen LogP contribution in [0, 0.1) is 0 Å². The molecule has 0 aromatic rings. The molecular formula is C66H128N2O6P+. The van der Waals surface area contributed by atoms with Gasteiger partial charge in [0.05, 0.1) is 39.9 Å². The van der Waals surface area contributed by atoms with Crippen molar-refractivity contribution in [1.29, 1.82) is 0 Å². The Labute approximate surface area is 467 Å². The molecule has 3 unspecified atom stereocenters. The Kier molecular flexibility index (Phi) is 56.0. The highest BCUT2D eigenvalue weighted by Crippen LogP contribution is 2.43. The summed E-state index contributed by atoms with van der Waals surface area (Å²) < 4.78 is 23.8. The minimum Gasteiger partial charge on any atom is -0.387 e. The third kappa shape index (κ3) is 60.0. The number of likely N-dealkylation sites (N-methyl/N-ethyl adjacent to an activating group) is 1. The van der Waals surface area contributed by atoms with E-state index in [0.29, 0.717) is 17.4 Å². The van der Waals surface area contributed by atoms with E-state index in [-0.39, 0.29) is 19.1 Å². The van der Waals surface area contributed by atoms with Crippen molar-refractivity contribution in [3.63, 3.8) is 0 Å². The second-order valence-electron chi connectivity index (χ2n) is 23.5. The molecule has 1 amide bonds. The number of carbonyl (C=O) groups excluding carboxylic acids is 1. The van der Waals surface area contributed by atoms with E-state index in [1.165, 1.54) is 244 Å². The molecule has 3 N–H and O–H groups in total. The van der Waals surface area contributed by atoms with E-state index < -0.39 is 20.0 Å². The largest absolute Gasteiger partial charge is 0.472 e. The van der Waals surface area contributed by atoms with Crippen molar-refractivity contribution in [2.45, 2.75) is 328 Å². The third-order valence-corrected chi connectivity index (χ3v) is 15.8. The maximum Gasteiger partial charge on any atom is 0.472 e. The molecule has 8 nitrogen and oxygen atoms in total. The minimum atomic E-state index is -4.35. The molecule has 0 heterocycles. The van der Waals surface area contributed by atoms with E-state index in [9.17, 15) is 19.4 Å². The Morgan fingerprint density at radius 1 is 0.453 bits per heavy atom. The number of carbonyl (C=O) groups is 1. The van der Waals surface area contributed by atoms with Crippen LogP contribution in [0.1, 0.15) is 316 Å². The molecule has 0 aliphatic heterocycles. The smallest absolute Gasteiger partial charge is 0.387 e. The molecule has 0 aliphatic rings. The number of phosphoric ester groups is 1. The number of unbranched alkanes of at least 4 members (excludes halogenated alkanes) is 41. The number of phosphoric acid groups is 1. The average Bonchev–Trinajstić information content (AvgIpc) is 3.37. The summed E-state index contributed by atoms with van der Waals surface area (Å²) in [6.45, 7) is 4.84. The number of quaternary nitrogens is 1. The average molecular weight is 1080 g/mol. The topological polar surface area (TPSA) is 105 Å². The molecule has 0 saturated carbocycles. The molecule has 0 fully saturated rings. The van der Waals surface area contributed by atoms with Gasteiger partial charge in [-0.15, -0.1) is 0 Å². The van der Waals surface area contributed by atoms with Gasteiger partial charge in [0, 0.05) is 6.42 Å². The van der Waals surface area contributed by atoms with Gasteiger partial charge >= 0.3 is 7.82 Å². The van der Waals surface area contributed by atoms with Gasteiger partial charge in [0.2, 0.25) is 5.91 Å². The number of rotatable bonds is 60. The normalized spacial score (nSPS) is 14.1. The lowest BCUT2D eigenvalue weighted by Crippen LogP contribution is -2.45. The van der Waals surface area contributed by atoms with Crippen molar-refractivity contribution >= 4 is 13.7 Å². The number of aliphatic hydroxyl groups is 1. The summed E-state index contributed by atoms with van der Waals surface area (Å²) in [6, 6.07) is -0.850. The first-order valence-electron chi connectivity index (χ1n) is 32.5. The summed E-state index contributed by atoms with van der Waals surface area (Å²) in [5, 5.41) is 14.0. The second kappa shape index (κ2) is 57.2. The predicted octanol–water partition coefficient (Wildman–Crippen LogP) is 20.3. The molecule has 0 bridgehead atoms. The maximum atomic E-state index is 13.0. The molecule has 75 heavy (non-hydrogen) atoms. The molecule has 442 valence electrons. The van der Waals surface area contributed by atoms with E-state index in [0.717, 1.165) is 51.4 Å². The van der Waals surface area contributed by atoms with Gasteiger partial charge in [-0.25, -0.2) is 4.57 Å². The van der Waals surface area contributed by atoms with Crippen LogP contribution in [0.15, 0.2) is 48.6 Å². The van der Waals surface area contributed by atoms with Crippen molar-refractivity contribution < 1.29 is 32.9 Å². The van der Waals surface area contributed by atoms with Gasteiger partial charge in [0.1, 0.15) is 13.2 Å². The highest BCUT2D eigenvalue weighted by Gasteiger charge is 2.28. The number of aliphatic hydroxyl groups excluding tert-OH is 1. The Bertz CT molecular complexity index is 1360. The number of hydrogen-bond acceptors (Lipinski definition) is 5. The highest BCUT2D eigenvalue weighted by atomic mass is 31.2. The van der Waals surface area contributed by atoms with Crippen molar-refractivity contribution in [1.82, 2.24) is 5.32 Å². The predicted molar refractivity (Wildman–Crippen MR) is 327 cm³/mol. The zero-order chi connectivity index (χ0) is 54.9. The number of allylic oxidation sites excluding steroid dienone is 7. The highest BCUT2D eigenvalue weighted by molar-refractivity contribution is 7.47. The van der Waals surface area contributed by atoms with Crippen LogP contribution in [-0.4, -0.2) is 73.4 Å². The van der Waals surface area contributed by atoms with E-state index in [2.05, 4.69) is 55.6 Å². The molecule has 0 radical (unpaired) electrons. The number of nitrogens with zero attached hydrogens (tertiary/aromatic N) is 1. The fraction of sp³-hybridized carbons (Fsp3) is 0.864.